The number of nitrogens with one attached hydrogen (secondary N) is 1. The third kappa shape index (κ3) is 2.55. The molecule has 0 aliphatic carbocycles. The van der Waals surface area contributed by atoms with Crippen molar-refractivity contribution < 1.29 is 9.53 Å². The number of benzene rings is 1. The Morgan fingerprint density at radius 1 is 1.24 bits per heavy atom. The quantitative estimate of drug-likeness (QED) is 0.800. The number of anilines is 1. The Morgan fingerprint density at radius 3 is 2.86 bits per heavy atom. The van der Waals surface area contributed by atoms with Crippen LogP contribution in [0.15, 0.2) is 42.6 Å². The molecule has 0 unspecified atom stereocenters. The van der Waals surface area contributed by atoms with Crippen LogP contribution in [0.3, 0.4) is 0 Å². The fourth-order valence-corrected chi connectivity index (χ4v) is 2.10. The number of carbonyl (C=O) groups excluding carboxylic acids is 1. The lowest BCUT2D eigenvalue weighted by atomic mass is 10.2. The van der Waals surface area contributed by atoms with Crippen LogP contribution in [0.5, 0.6) is 5.75 Å². The van der Waals surface area contributed by atoms with Gasteiger partial charge in [0.1, 0.15) is 11.6 Å². The normalized spacial score (nSPS) is 10.6. The molecular formula is C15H14N4O2. The molecule has 2 aromatic heterocycles. The van der Waals surface area contributed by atoms with Gasteiger partial charge in [-0.1, -0.05) is 12.1 Å². The van der Waals surface area contributed by atoms with Crippen molar-refractivity contribution in [3.8, 4) is 5.75 Å². The van der Waals surface area contributed by atoms with Crippen molar-refractivity contribution in [1.29, 1.82) is 0 Å². The first-order valence-electron chi connectivity index (χ1n) is 6.45. The van der Waals surface area contributed by atoms with Crippen molar-refractivity contribution in [2.45, 2.75) is 6.92 Å². The van der Waals surface area contributed by atoms with Gasteiger partial charge in [-0.25, -0.2) is 9.50 Å². The summed E-state index contributed by atoms with van der Waals surface area (Å²) in [4.78, 5) is 16.5. The molecule has 1 N–H and O–H groups in total. The highest BCUT2D eigenvalue weighted by molar-refractivity contribution is 6.06. The number of rotatable bonds is 3. The minimum absolute atomic E-state index is 0.233. The number of carbonyl (C=O) groups is 1. The van der Waals surface area contributed by atoms with Crippen LogP contribution in [0, 0.1) is 6.92 Å². The molecule has 1 aromatic carbocycles. The molecule has 1 amide bonds. The maximum atomic E-state index is 12.3. The Kier molecular flexibility index (Phi) is 3.27. The second kappa shape index (κ2) is 5.24. The molecule has 3 aromatic rings. The van der Waals surface area contributed by atoms with Gasteiger partial charge >= 0.3 is 0 Å². The summed E-state index contributed by atoms with van der Waals surface area (Å²) in [6.07, 6.45) is 1.72. The summed E-state index contributed by atoms with van der Waals surface area (Å²) in [5.74, 6) is 0.986. The van der Waals surface area contributed by atoms with E-state index in [1.165, 1.54) is 7.11 Å². The summed E-state index contributed by atoms with van der Waals surface area (Å²) < 4.78 is 6.82. The van der Waals surface area contributed by atoms with Crippen LogP contribution < -0.4 is 10.1 Å². The van der Waals surface area contributed by atoms with E-state index in [-0.39, 0.29) is 5.91 Å². The molecule has 0 aliphatic heterocycles. The highest BCUT2D eigenvalue weighted by atomic mass is 16.5. The number of pyridine rings is 1. The molecule has 0 saturated heterocycles. The summed E-state index contributed by atoms with van der Waals surface area (Å²) in [5.41, 5.74) is 1.86. The second-order valence-corrected chi connectivity index (χ2v) is 4.53. The molecular weight excluding hydrogens is 268 g/mol. The molecule has 3 rings (SSSR count). The van der Waals surface area contributed by atoms with Gasteiger partial charge in [0.15, 0.2) is 5.65 Å². The van der Waals surface area contributed by atoms with Crippen LogP contribution in [-0.4, -0.2) is 27.6 Å². The number of methoxy groups -OCH3 is 1. The zero-order valence-electron chi connectivity index (χ0n) is 11.7. The number of fused-ring (bicyclic) bond motifs is 1. The molecule has 0 fully saturated rings. The van der Waals surface area contributed by atoms with E-state index in [0.29, 0.717) is 22.8 Å². The predicted molar refractivity (Wildman–Crippen MR) is 78.7 cm³/mol. The van der Waals surface area contributed by atoms with Crippen molar-refractivity contribution in [1.82, 2.24) is 14.6 Å². The van der Waals surface area contributed by atoms with Crippen molar-refractivity contribution in [2.24, 2.45) is 0 Å². The number of aryl methyl sites for hydroxylation is 1. The monoisotopic (exact) mass is 282 g/mol. The number of aromatic nitrogens is 3. The summed E-state index contributed by atoms with van der Waals surface area (Å²) in [6, 6.07) is 10.7. The van der Waals surface area contributed by atoms with Crippen LogP contribution in [0.2, 0.25) is 0 Å². The molecule has 106 valence electrons. The van der Waals surface area contributed by atoms with Crippen LogP contribution in [-0.2, 0) is 0 Å². The first-order valence-corrected chi connectivity index (χ1v) is 6.45. The van der Waals surface area contributed by atoms with Gasteiger partial charge in [0, 0.05) is 0 Å². The number of hydrogen-bond acceptors (Lipinski definition) is 4. The van der Waals surface area contributed by atoms with Gasteiger partial charge in [-0.2, -0.15) is 5.10 Å². The number of para-hydroxylation sites is 1. The lowest BCUT2D eigenvalue weighted by Crippen LogP contribution is -2.13. The van der Waals surface area contributed by atoms with E-state index >= 15 is 0 Å². The first kappa shape index (κ1) is 13.1. The van der Waals surface area contributed by atoms with E-state index in [1.807, 2.05) is 13.0 Å². The smallest absolute Gasteiger partial charge is 0.259 e. The van der Waals surface area contributed by atoms with Crippen molar-refractivity contribution in [3.63, 3.8) is 0 Å². The van der Waals surface area contributed by atoms with Gasteiger partial charge in [-0.15, -0.1) is 0 Å². The summed E-state index contributed by atoms with van der Waals surface area (Å²) in [6.45, 7) is 1.82. The average molecular weight is 282 g/mol. The number of ether oxygens (including phenoxy) is 1. The molecule has 0 atom stereocenters. The van der Waals surface area contributed by atoms with Gasteiger partial charge in [0.05, 0.1) is 24.6 Å². The SMILES string of the molecule is COc1ccccc1C(=O)Nc1ccc2nc(C)nn2c1. The molecule has 0 radical (unpaired) electrons. The van der Waals surface area contributed by atoms with Gasteiger partial charge in [-0.3, -0.25) is 4.79 Å². The second-order valence-electron chi connectivity index (χ2n) is 4.53. The summed E-state index contributed by atoms with van der Waals surface area (Å²) in [5, 5.41) is 7.04. The Balaban J connectivity index is 1.88. The van der Waals surface area contributed by atoms with Gasteiger partial charge in [0.2, 0.25) is 0 Å². The van der Waals surface area contributed by atoms with Gasteiger partial charge in [0.25, 0.3) is 5.91 Å². The van der Waals surface area contributed by atoms with Crippen molar-refractivity contribution in [2.75, 3.05) is 12.4 Å². The molecule has 6 heteroatoms. The third-order valence-electron chi connectivity index (χ3n) is 3.05. The Hall–Kier alpha value is -2.89. The lowest BCUT2D eigenvalue weighted by molar-refractivity contribution is 0.102. The Morgan fingerprint density at radius 2 is 2.05 bits per heavy atom. The maximum Gasteiger partial charge on any atom is 0.259 e. The third-order valence-corrected chi connectivity index (χ3v) is 3.05. The maximum absolute atomic E-state index is 12.3. The van der Waals surface area contributed by atoms with E-state index in [0.717, 1.165) is 5.65 Å². The highest BCUT2D eigenvalue weighted by Crippen LogP contribution is 2.19. The van der Waals surface area contributed by atoms with Crippen LogP contribution in [0.1, 0.15) is 16.2 Å². The summed E-state index contributed by atoms with van der Waals surface area (Å²) >= 11 is 0. The zero-order chi connectivity index (χ0) is 14.8. The molecule has 2 heterocycles. The predicted octanol–water partition coefficient (Wildman–Crippen LogP) is 2.30. The van der Waals surface area contributed by atoms with E-state index in [4.69, 9.17) is 4.74 Å². The standard InChI is InChI=1S/C15H14N4O2/c1-10-16-14-8-7-11(9-19(14)18-10)17-15(20)12-5-3-4-6-13(12)21-2/h3-9H,1-2H3,(H,17,20). The van der Waals surface area contributed by atoms with Crippen LogP contribution in [0.4, 0.5) is 5.69 Å². The zero-order valence-corrected chi connectivity index (χ0v) is 11.7. The van der Waals surface area contributed by atoms with Crippen molar-refractivity contribution >= 4 is 17.2 Å². The van der Waals surface area contributed by atoms with E-state index in [2.05, 4.69) is 15.4 Å². The minimum Gasteiger partial charge on any atom is -0.496 e. The fourth-order valence-electron chi connectivity index (χ4n) is 2.10. The summed E-state index contributed by atoms with van der Waals surface area (Å²) in [7, 11) is 1.54. The average Bonchev–Trinajstić information content (AvgIpc) is 2.86. The van der Waals surface area contributed by atoms with E-state index in [9.17, 15) is 4.79 Å². The Bertz CT molecular complexity index is 810. The molecule has 0 spiro atoms. The fraction of sp³-hybridized carbons (Fsp3) is 0.133. The van der Waals surface area contributed by atoms with Crippen LogP contribution in [0.25, 0.3) is 5.65 Å². The lowest BCUT2D eigenvalue weighted by Gasteiger charge is -2.09. The minimum atomic E-state index is -0.233. The number of nitrogens with zero attached hydrogens (tertiary/aromatic N) is 3. The van der Waals surface area contributed by atoms with Crippen LogP contribution >= 0.6 is 0 Å². The number of hydrogen-bond donors (Lipinski definition) is 1. The molecule has 0 bridgehead atoms. The molecule has 0 aliphatic rings. The molecule has 21 heavy (non-hydrogen) atoms. The molecule has 0 saturated carbocycles. The Labute approximate surface area is 121 Å². The largest absolute Gasteiger partial charge is 0.496 e. The van der Waals surface area contributed by atoms with Gasteiger partial charge < -0.3 is 10.1 Å². The first-order chi connectivity index (χ1) is 10.2. The van der Waals surface area contributed by atoms with E-state index < -0.39 is 0 Å². The topological polar surface area (TPSA) is 68.5 Å². The van der Waals surface area contributed by atoms with Gasteiger partial charge in [-0.05, 0) is 31.2 Å². The van der Waals surface area contributed by atoms with E-state index in [1.54, 1.807) is 41.0 Å². The molecule has 6 nitrogen and oxygen atoms in total. The highest BCUT2D eigenvalue weighted by Gasteiger charge is 2.12. The number of amides is 1. The van der Waals surface area contributed by atoms with Crippen molar-refractivity contribution in [3.05, 3.63) is 54.0 Å².